The Labute approximate surface area is 195 Å². The molecule has 0 heterocycles. The minimum Gasteiger partial charge on any atom is -0.507 e. The predicted octanol–water partition coefficient (Wildman–Crippen LogP) is 5.83. The third-order valence-electron chi connectivity index (χ3n) is 6.31. The first-order valence-electron chi connectivity index (χ1n) is 11.9. The molecule has 3 N–H and O–H groups in total. The monoisotopic (exact) mass is 454 g/mol. The molecule has 33 heavy (non-hydrogen) atoms. The second kappa shape index (κ2) is 12.3. The first-order chi connectivity index (χ1) is 15.9. The average Bonchev–Trinajstić information content (AvgIpc) is 2.79. The van der Waals surface area contributed by atoms with E-state index in [-0.39, 0.29) is 18.6 Å². The van der Waals surface area contributed by atoms with Gasteiger partial charge in [0.2, 0.25) is 0 Å². The molecule has 2 aromatic carbocycles. The highest BCUT2D eigenvalue weighted by molar-refractivity contribution is 5.77. The third kappa shape index (κ3) is 7.81. The van der Waals surface area contributed by atoms with Gasteiger partial charge in [0, 0.05) is 24.0 Å². The molecule has 6 heteroatoms. The number of hydrogen-bond acceptors (Lipinski definition) is 4. The van der Waals surface area contributed by atoms with E-state index in [1.807, 2.05) is 30.3 Å². The van der Waals surface area contributed by atoms with Crippen LogP contribution >= 0.6 is 0 Å². The number of hydrogen-bond donors (Lipinski definition) is 3. The maximum Gasteiger partial charge on any atom is 0.303 e. The smallest absolute Gasteiger partial charge is 0.303 e. The summed E-state index contributed by atoms with van der Waals surface area (Å²) < 4.78 is 6.25. The number of benzene rings is 2. The number of carboxylic acids is 2. The summed E-state index contributed by atoms with van der Waals surface area (Å²) in [5.41, 5.74) is 3.39. The maximum absolute atomic E-state index is 10.9. The number of aromatic hydroxyl groups is 1. The fraction of sp³-hybridized carbons (Fsp3) is 0.481. The molecule has 0 radical (unpaired) electrons. The Morgan fingerprint density at radius 2 is 1.39 bits per heavy atom. The summed E-state index contributed by atoms with van der Waals surface area (Å²) in [4.78, 5) is 21.7. The number of phenols is 1. The normalized spacial score (nSPS) is 14.2. The van der Waals surface area contributed by atoms with Crippen molar-refractivity contribution in [1.29, 1.82) is 0 Å². The molecule has 178 valence electrons. The first kappa shape index (κ1) is 24.6. The predicted molar refractivity (Wildman–Crippen MR) is 127 cm³/mol. The molecule has 6 nitrogen and oxygen atoms in total. The number of aliphatic carboxylic acids is 2. The van der Waals surface area contributed by atoms with Crippen LogP contribution in [0, 0.1) is 5.92 Å². The molecule has 0 bridgehead atoms. The fourth-order valence-electron chi connectivity index (χ4n) is 4.47. The molecular formula is C27H34O6. The summed E-state index contributed by atoms with van der Waals surface area (Å²) >= 11 is 0. The van der Waals surface area contributed by atoms with Crippen molar-refractivity contribution in [3.8, 4) is 22.6 Å². The minimum absolute atomic E-state index is 0.102. The van der Waals surface area contributed by atoms with Gasteiger partial charge in [0.25, 0.3) is 0 Å². The van der Waals surface area contributed by atoms with E-state index in [0.29, 0.717) is 49.5 Å². The van der Waals surface area contributed by atoms with Crippen molar-refractivity contribution in [3.63, 3.8) is 0 Å². The lowest BCUT2D eigenvalue weighted by Crippen LogP contribution is -2.15. The molecular weight excluding hydrogens is 420 g/mol. The number of phenolic OH excluding ortho intramolecular Hbond substituents is 1. The van der Waals surface area contributed by atoms with Crippen molar-refractivity contribution in [2.24, 2.45) is 5.92 Å². The van der Waals surface area contributed by atoms with E-state index in [0.717, 1.165) is 16.7 Å². The standard InChI is InChI=1S/C27H34O6/c28-24-14-12-19(8-4-10-26(29)30)16-22(24)23-17-20(9-5-11-27(31)32)13-15-25(23)33-18-21-6-2-1-3-7-21/h12-17,21,28H,1-11,18H2,(H,29,30)(H,31,32). The van der Waals surface area contributed by atoms with Crippen LogP contribution in [0.15, 0.2) is 36.4 Å². The van der Waals surface area contributed by atoms with Crippen LogP contribution < -0.4 is 4.74 Å². The molecule has 1 fully saturated rings. The van der Waals surface area contributed by atoms with Gasteiger partial charge in [-0.25, -0.2) is 0 Å². The molecule has 0 atom stereocenters. The zero-order valence-electron chi connectivity index (χ0n) is 19.1. The number of carboxylic acid groups (broad SMARTS) is 2. The Morgan fingerprint density at radius 1 is 0.818 bits per heavy atom. The summed E-state index contributed by atoms with van der Waals surface area (Å²) in [5, 5.41) is 28.5. The molecule has 0 aliphatic heterocycles. The fourth-order valence-corrected chi connectivity index (χ4v) is 4.47. The van der Waals surface area contributed by atoms with Crippen LogP contribution in [0.3, 0.4) is 0 Å². The molecule has 3 rings (SSSR count). The van der Waals surface area contributed by atoms with Gasteiger partial charge in [0.1, 0.15) is 11.5 Å². The average molecular weight is 455 g/mol. The summed E-state index contributed by atoms with van der Waals surface area (Å²) in [6.07, 6.45) is 8.63. The number of rotatable bonds is 12. The van der Waals surface area contributed by atoms with Crippen LogP contribution in [-0.2, 0) is 22.4 Å². The summed E-state index contributed by atoms with van der Waals surface area (Å²) in [6.45, 7) is 0.643. The van der Waals surface area contributed by atoms with Crippen LogP contribution in [0.4, 0.5) is 0 Å². The number of carbonyl (C=O) groups is 2. The highest BCUT2D eigenvalue weighted by Gasteiger charge is 2.17. The topological polar surface area (TPSA) is 104 Å². The number of ether oxygens (including phenoxy) is 1. The van der Waals surface area contributed by atoms with E-state index in [1.54, 1.807) is 6.07 Å². The molecule has 0 spiro atoms. The van der Waals surface area contributed by atoms with Gasteiger partial charge in [-0.3, -0.25) is 9.59 Å². The van der Waals surface area contributed by atoms with Crippen LogP contribution in [0.1, 0.15) is 68.9 Å². The van der Waals surface area contributed by atoms with E-state index >= 15 is 0 Å². The van der Waals surface area contributed by atoms with E-state index < -0.39 is 11.9 Å². The van der Waals surface area contributed by atoms with Crippen LogP contribution in [0.2, 0.25) is 0 Å². The van der Waals surface area contributed by atoms with Gasteiger partial charge in [-0.1, -0.05) is 31.4 Å². The SMILES string of the molecule is O=C(O)CCCc1ccc(O)c(-c2cc(CCCC(=O)O)ccc2OCC2CCCCC2)c1. The molecule has 0 saturated heterocycles. The quantitative estimate of drug-likeness (QED) is 0.373. The van der Waals surface area contributed by atoms with E-state index in [1.165, 1.54) is 32.1 Å². The Balaban J connectivity index is 1.84. The Morgan fingerprint density at radius 3 is 2.00 bits per heavy atom. The van der Waals surface area contributed by atoms with Crippen molar-refractivity contribution >= 4 is 11.9 Å². The molecule has 0 amide bonds. The van der Waals surface area contributed by atoms with Gasteiger partial charge >= 0.3 is 11.9 Å². The minimum atomic E-state index is -0.818. The highest BCUT2D eigenvalue weighted by Crippen LogP contribution is 2.38. The zero-order chi connectivity index (χ0) is 23.6. The zero-order valence-corrected chi connectivity index (χ0v) is 19.1. The van der Waals surface area contributed by atoms with Crippen molar-refractivity contribution < 1.29 is 29.6 Å². The van der Waals surface area contributed by atoms with Gasteiger partial charge in [0.05, 0.1) is 6.61 Å². The van der Waals surface area contributed by atoms with Crippen molar-refractivity contribution in [1.82, 2.24) is 0 Å². The lowest BCUT2D eigenvalue weighted by Gasteiger charge is -2.23. The van der Waals surface area contributed by atoms with Gasteiger partial charge in [-0.05, 0) is 79.8 Å². The van der Waals surface area contributed by atoms with Gasteiger partial charge in [-0.2, -0.15) is 0 Å². The lowest BCUT2D eigenvalue weighted by molar-refractivity contribution is -0.138. The van der Waals surface area contributed by atoms with E-state index in [2.05, 4.69) is 0 Å². The van der Waals surface area contributed by atoms with Crippen LogP contribution in [-0.4, -0.2) is 33.9 Å². The molecule has 1 saturated carbocycles. The Hall–Kier alpha value is -3.02. The van der Waals surface area contributed by atoms with Crippen LogP contribution in [0.5, 0.6) is 11.5 Å². The first-order valence-corrected chi connectivity index (χ1v) is 11.9. The van der Waals surface area contributed by atoms with E-state index in [4.69, 9.17) is 14.9 Å². The van der Waals surface area contributed by atoms with E-state index in [9.17, 15) is 14.7 Å². The van der Waals surface area contributed by atoms with Crippen molar-refractivity contribution in [2.75, 3.05) is 6.61 Å². The third-order valence-corrected chi connectivity index (χ3v) is 6.31. The molecule has 2 aromatic rings. The Bertz CT molecular complexity index is 946. The lowest BCUT2D eigenvalue weighted by atomic mass is 9.90. The summed E-state index contributed by atoms with van der Waals surface area (Å²) in [7, 11) is 0. The molecule has 1 aliphatic carbocycles. The largest absolute Gasteiger partial charge is 0.507 e. The Kier molecular flexibility index (Phi) is 9.16. The van der Waals surface area contributed by atoms with Gasteiger partial charge in [0.15, 0.2) is 0 Å². The highest BCUT2D eigenvalue weighted by atomic mass is 16.5. The molecule has 0 aromatic heterocycles. The summed E-state index contributed by atoms with van der Waals surface area (Å²) in [5.74, 6) is -0.239. The second-order valence-electron chi connectivity index (χ2n) is 8.99. The summed E-state index contributed by atoms with van der Waals surface area (Å²) in [6, 6.07) is 11.2. The number of aryl methyl sites for hydroxylation is 2. The molecule has 0 unspecified atom stereocenters. The van der Waals surface area contributed by atoms with Crippen LogP contribution in [0.25, 0.3) is 11.1 Å². The molecule has 1 aliphatic rings. The van der Waals surface area contributed by atoms with Crippen molar-refractivity contribution in [3.05, 3.63) is 47.5 Å². The van der Waals surface area contributed by atoms with Crippen molar-refractivity contribution in [2.45, 2.75) is 70.6 Å². The van der Waals surface area contributed by atoms with Gasteiger partial charge in [-0.15, -0.1) is 0 Å². The van der Waals surface area contributed by atoms with Gasteiger partial charge < -0.3 is 20.1 Å². The second-order valence-corrected chi connectivity index (χ2v) is 8.99. The maximum atomic E-state index is 10.9.